The smallest absolute Gasteiger partial charge is 0.328 e. The monoisotopic (exact) mass is 413 g/mol. The van der Waals surface area contributed by atoms with Crippen LogP contribution >= 0.6 is 0 Å². The lowest BCUT2D eigenvalue weighted by atomic mass is 10.0. The molecule has 0 rings (SSSR count). The van der Waals surface area contributed by atoms with E-state index in [1.54, 1.807) is 0 Å². The average molecular weight is 414 g/mol. The highest BCUT2D eigenvalue weighted by Crippen LogP contribution is 2.14. The zero-order valence-corrected chi connectivity index (χ0v) is 19.1. The molecule has 1 amide bonds. The molecule has 0 radical (unpaired) electrons. The Kier molecular flexibility index (Phi) is 19.4. The molecule has 0 aromatic heterocycles. The summed E-state index contributed by atoms with van der Waals surface area (Å²) in [5, 5.41) is 20.7. The standard InChI is InChI=1S/C24H47NO4/c1-3-4-5-6-7-8-9-10-11-12-13-14-15-16-17-18-19-20-22(27)25-23(21(2)26)24(28)29/h21,23,26H,3-20H2,1-2H3,(H,25,27)(H,28,29)/t21?,23-/m0/s1. The van der Waals surface area contributed by atoms with Crippen LogP contribution in [-0.4, -0.2) is 34.2 Å². The number of aliphatic carboxylic acids is 1. The summed E-state index contributed by atoms with van der Waals surface area (Å²) in [6, 6.07) is -1.21. The van der Waals surface area contributed by atoms with Gasteiger partial charge in [0.1, 0.15) is 0 Å². The van der Waals surface area contributed by atoms with Crippen LogP contribution in [0.3, 0.4) is 0 Å². The quantitative estimate of drug-likeness (QED) is 0.202. The van der Waals surface area contributed by atoms with E-state index in [0.717, 1.165) is 19.3 Å². The Morgan fingerprint density at radius 3 is 1.34 bits per heavy atom. The van der Waals surface area contributed by atoms with Crippen molar-refractivity contribution in [3.8, 4) is 0 Å². The van der Waals surface area contributed by atoms with Crippen LogP contribution in [0.15, 0.2) is 0 Å². The number of unbranched alkanes of at least 4 members (excludes halogenated alkanes) is 16. The topological polar surface area (TPSA) is 86.6 Å². The zero-order valence-electron chi connectivity index (χ0n) is 19.1. The van der Waals surface area contributed by atoms with Crippen LogP contribution in [0.4, 0.5) is 0 Å². The molecule has 0 spiro atoms. The van der Waals surface area contributed by atoms with Crippen LogP contribution in [0, 0.1) is 0 Å². The van der Waals surface area contributed by atoms with Gasteiger partial charge in [0.25, 0.3) is 0 Å². The van der Waals surface area contributed by atoms with Gasteiger partial charge in [-0.1, -0.05) is 110 Å². The largest absolute Gasteiger partial charge is 0.480 e. The van der Waals surface area contributed by atoms with E-state index < -0.39 is 18.1 Å². The Balaban J connectivity index is 3.31. The zero-order chi connectivity index (χ0) is 21.7. The molecule has 1 unspecified atom stereocenters. The summed E-state index contributed by atoms with van der Waals surface area (Å²) in [5.41, 5.74) is 0. The molecule has 0 aromatic rings. The number of amides is 1. The van der Waals surface area contributed by atoms with Gasteiger partial charge in [0.05, 0.1) is 6.10 Å². The molecule has 0 saturated carbocycles. The van der Waals surface area contributed by atoms with Gasteiger partial charge < -0.3 is 15.5 Å². The first kappa shape index (κ1) is 27.9. The van der Waals surface area contributed by atoms with Crippen molar-refractivity contribution >= 4 is 11.9 Å². The fraction of sp³-hybridized carbons (Fsp3) is 0.917. The van der Waals surface area contributed by atoms with Crippen molar-refractivity contribution in [2.24, 2.45) is 0 Å². The summed E-state index contributed by atoms with van der Waals surface area (Å²) in [4.78, 5) is 22.7. The number of carbonyl (C=O) groups excluding carboxylic acids is 1. The Bertz CT molecular complexity index is 398. The lowest BCUT2D eigenvalue weighted by Gasteiger charge is -2.16. The first-order valence-electron chi connectivity index (χ1n) is 12.2. The lowest BCUT2D eigenvalue weighted by Crippen LogP contribution is -2.47. The number of hydrogen-bond acceptors (Lipinski definition) is 3. The minimum atomic E-state index is -1.21. The number of hydrogen-bond donors (Lipinski definition) is 3. The van der Waals surface area contributed by atoms with Crippen molar-refractivity contribution in [1.29, 1.82) is 0 Å². The third kappa shape index (κ3) is 18.7. The number of carboxylic acid groups (broad SMARTS) is 1. The van der Waals surface area contributed by atoms with E-state index in [9.17, 15) is 14.7 Å². The first-order chi connectivity index (χ1) is 14.0. The number of carbonyl (C=O) groups is 2. The van der Waals surface area contributed by atoms with Crippen molar-refractivity contribution < 1.29 is 19.8 Å². The van der Waals surface area contributed by atoms with Crippen molar-refractivity contribution in [2.45, 2.75) is 142 Å². The van der Waals surface area contributed by atoms with E-state index >= 15 is 0 Å². The molecule has 0 aliphatic heterocycles. The summed E-state index contributed by atoms with van der Waals surface area (Å²) < 4.78 is 0. The molecule has 0 aromatic carbocycles. The fourth-order valence-corrected chi connectivity index (χ4v) is 3.64. The van der Waals surface area contributed by atoms with Gasteiger partial charge in [-0.25, -0.2) is 4.79 Å². The number of carboxylic acids is 1. The molecular weight excluding hydrogens is 366 g/mol. The highest BCUT2D eigenvalue weighted by molar-refractivity contribution is 5.83. The van der Waals surface area contributed by atoms with Crippen molar-refractivity contribution in [2.75, 3.05) is 0 Å². The number of aliphatic hydroxyl groups excluding tert-OH is 1. The molecule has 0 heterocycles. The summed E-state index contributed by atoms with van der Waals surface area (Å²) in [5.74, 6) is -1.49. The van der Waals surface area contributed by atoms with Gasteiger partial charge in [0, 0.05) is 6.42 Å². The van der Waals surface area contributed by atoms with Gasteiger partial charge in [-0.05, 0) is 13.3 Å². The lowest BCUT2D eigenvalue weighted by molar-refractivity contribution is -0.144. The predicted molar refractivity (Wildman–Crippen MR) is 120 cm³/mol. The molecule has 172 valence electrons. The number of rotatable bonds is 21. The number of nitrogens with one attached hydrogen (secondary N) is 1. The minimum absolute atomic E-state index is 0.292. The number of aliphatic hydroxyl groups is 1. The van der Waals surface area contributed by atoms with Gasteiger partial charge in [-0.15, -0.1) is 0 Å². The maximum Gasteiger partial charge on any atom is 0.328 e. The van der Waals surface area contributed by atoms with Crippen molar-refractivity contribution in [3.63, 3.8) is 0 Å². The molecule has 29 heavy (non-hydrogen) atoms. The molecule has 5 nitrogen and oxygen atoms in total. The van der Waals surface area contributed by atoms with E-state index in [0.29, 0.717) is 6.42 Å². The predicted octanol–water partition coefficient (Wildman–Crippen LogP) is 5.98. The highest BCUT2D eigenvalue weighted by atomic mass is 16.4. The van der Waals surface area contributed by atoms with E-state index in [4.69, 9.17) is 5.11 Å². The summed E-state index contributed by atoms with van der Waals surface area (Å²) >= 11 is 0. The van der Waals surface area contributed by atoms with Crippen LogP contribution in [0.25, 0.3) is 0 Å². The Morgan fingerprint density at radius 2 is 1.03 bits per heavy atom. The summed E-state index contributed by atoms with van der Waals surface area (Å²) in [6.45, 7) is 3.64. The summed E-state index contributed by atoms with van der Waals surface area (Å²) in [6.07, 6.45) is 21.2. The molecule has 0 saturated heterocycles. The first-order valence-corrected chi connectivity index (χ1v) is 12.2. The third-order valence-electron chi connectivity index (χ3n) is 5.57. The molecule has 0 aliphatic carbocycles. The Labute approximate surface area is 179 Å². The normalized spacial score (nSPS) is 13.2. The molecule has 3 N–H and O–H groups in total. The van der Waals surface area contributed by atoms with E-state index in [1.165, 1.54) is 96.8 Å². The van der Waals surface area contributed by atoms with Crippen LogP contribution < -0.4 is 5.32 Å². The van der Waals surface area contributed by atoms with Gasteiger partial charge in [0.2, 0.25) is 5.91 Å². The second-order valence-corrected chi connectivity index (χ2v) is 8.53. The minimum Gasteiger partial charge on any atom is -0.480 e. The van der Waals surface area contributed by atoms with Crippen molar-refractivity contribution in [3.05, 3.63) is 0 Å². The average Bonchev–Trinajstić information content (AvgIpc) is 2.68. The van der Waals surface area contributed by atoms with E-state index in [2.05, 4.69) is 12.2 Å². The SMILES string of the molecule is CCCCCCCCCCCCCCCCCCCC(=O)N[C@H](C(=O)O)C(C)O. The summed E-state index contributed by atoms with van der Waals surface area (Å²) in [7, 11) is 0. The second kappa shape index (κ2) is 20.2. The Hall–Kier alpha value is -1.10. The van der Waals surface area contributed by atoms with Gasteiger partial charge in [-0.2, -0.15) is 0 Å². The third-order valence-corrected chi connectivity index (χ3v) is 5.57. The second-order valence-electron chi connectivity index (χ2n) is 8.53. The Morgan fingerprint density at radius 1 is 0.690 bits per heavy atom. The molecule has 2 atom stereocenters. The van der Waals surface area contributed by atoms with E-state index in [1.807, 2.05) is 0 Å². The highest BCUT2D eigenvalue weighted by Gasteiger charge is 2.24. The van der Waals surface area contributed by atoms with Gasteiger partial charge in [0.15, 0.2) is 6.04 Å². The fourth-order valence-electron chi connectivity index (χ4n) is 3.64. The van der Waals surface area contributed by atoms with Crippen LogP contribution in [0.2, 0.25) is 0 Å². The van der Waals surface area contributed by atoms with Gasteiger partial charge in [-0.3, -0.25) is 4.79 Å². The molecule has 0 fully saturated rings. The maximum absolute atomic E-state index is 11.7. The van der Waals surface area contributed by atoms with Gasteiger partial charge >= 0.3 is 5.97 Å². The molecule has 0 aliphatic rings. The van der Waals surface area contributed by atoms with Crippen molar-refractivity contribution in [1.82, 2.24) is 5.32 Å². The van der Waals surface area contributed by atoms with Crippen LogP contribution in [0.5, 0.6) is 0 Å². The van der Waals surface area contributed by atoms with Crippen LogP contribution in [0.1, 0.15) is 129 Å². The molecule has 5 heteroatoms. The van der Waals surface area contributed by atoms with E-state index in [-0.39, 0.29) is 5.91 Å². The maximum atomic E-state index is 11.7. The molecular formula is C24H47NO4. The van der Waals surface area contributed by atoms with Crippen LogP contribution in [-0.2, 0) is 9.59 Å². The molecule has 0 bridgehead atoms.